The molecule has 2 aromatic carbocycles. The third-order valence-electron chi connectivity index (χ3n) is 4.38. The summed E-state index contributed by atoms with van der Waals surface area (Å²) in [5.41, 5.74) is -3.70. The van der Waals surface area contributed by atoms with Crippen LogP contribution in [0.5, 0.6) is 11.5 Å². The summed E-state index contributed by atoms with van der Waals surface area (Å²) in [6.45, 7) is 1.19. The minimum Gasteiger partial charge on any atom is -0.454 e. The minimum absolute atomic E-state index is 0.000849. The van der Waals surface area contributed by atoms with E-state index in [1.165, 1.54) is 0 Å². The lowest BCUT2D eigenvalue weighted by atomic mass is 10.0. The Morgan fingerprint density at radius 2 is 1.56 bits per heavy atom. The van der Waals surface area contributed by atoms with Crippen LogP contribution in [0.3, 0.4) is 0 Å². The first-order valence-electron chi connectivity index (χ1n) is 9.01. The third-order valence-corrected chi connectivity index (χ3v) is 4.38. The van der Waals surface area contributed by atoms with Crippen LogP contribution in [0.25, 0.3) is 0 Å². The second-order valence-electron chi connectivity index (χ2n) is 6.75. The summed E-state index contributed by atoms with van der Waals surface area (Å²) < 4.78 is 92.7. The van der Waals surface area contributed by atoms with E-state index in [0.717, 1.165) is 6.92 Å². The SMILES string of the molecule is CC(OC(=O)c1cc(C(F)(F)F)cc(C(F)(F)F)c1)C(=O)NCc1ccc2c(c1)OCO2. The molecule has 1 aliphatic rings. The second kappa shape index (κ2) is 8.60. The van der Waals surface area contributed by atoms with E-state index >= 15 is 0 Å². The number of amides is 1. The molecule has 3 rings (SSSR count). The molecule has 0 radical (unpaired) electrons. The van der Waals surface area contributed by atoms with E-state index in [2.05, 4.69) is 5.32 Å². The molecule has 0 aromatic heterocycles. The fraction of sp³-hybridized carbons (Fsp3) is 0.300. The van der Waals surface area contributed by atoms with Gasteiger partial charge in [-0.25, -0.2) is 4.79 Å². The van der Waals surface area contributed by atoms with E-state index < -0.39 is 47.0 Å². The van der Waals surface area contributed by atoms with Gasteiger partial charge in [0.1, 0.15) is 0 Å². The molecule has 1 atom stereocenters. The molecule has 172 valence electrons. The Kier molecular flexibility index (Phi) is 6.24. The largest absolute Gasteiger partial charge is 0.454 e. The zero-order valence-electron chi connectivity index (χ0n) is 16.3. The van der Waals surface area contributed by atoms with Gasteiger partial charge in [0, 0.05) is 6.54 Å². The molecule has 0 saturated heterocycles. The Labute approximate surface area is 177 Å². The van der Waals surface area contributed by atoms with Crippen molar-refractivity contribution in [2.45, 2.75) is 31.9 Å². The highest BCUT2D eigenvalue weighted by Gasteiger charge is 2.38. The Hall–Kier alpha value is -3.44. The number of rotatable bonds is 5. The van der Waals surface area contributed by atoms with Crippen LogP contribution < -0.4 is 14.8 Å². The van der Waals surface area contributed by atoms with Crippen LogP contribution in [0, 0.1) is 0 Å². The molecule has 1 heterocycles. The molecule has 32 heavy (non-hydrogen) atoms. The van der Waals surface area contributed by atoms with Crippen molar-refractivity contribution in [3.8, 4) is 11.5 Å². The Balaban J connectivity index is 1.67. The molecule has 0 spiro atoms. The zero-order valence-corrected chi connectivity index (χ0v) is 16.3. The molecule has 1 amide bonds. The van der Waals surface area contributed by atoms with Gasteiger partial charge in [0.25, 0.3) is 5.91 Å². The van der Waals surface area contributed by atoms with Gasteiger partial charge in [-0.2, -0.15) is 26.3 Å². The van der Waals surface area contributed by atoms with E-state index in [-0.39, 0.29) is 31.5 Å². The summed E-state index contributed by atoms with van der Waals surface area (Å²) in [7, 11) is 0. The summed E-state index contributed by atoms with van der Waals surface area (Å²) in [5.74, 6) is -1.31. The smallest absolute Gasteiger partial charge is 0.416 e. The molecule has 6 nitrogen and oxygen atoms in total. The van der Waals surface area contributed by atoms with Crippen molar-refractivity contribution in [3.63, 3.8) is 0 Å². The van der Waals surface area contributed by atoms with Crippen LogP contribution in [0.15, 0.2) is 36.4 Å². The predicted molar refractivity (Wildman–Crippen MR) is 95.7 cm³/mol. The van der Waals surface area contributed by atoms with Crippen LogP contribution in [-0.4, -0.2) is 24.8 Å². The molecular formula is C20H15F6NO5. The van der Waals surface area contributed by atoms with Gasteiger partial charge in [-0.05, 0) is 42.8 Å². The molecular weight excluding hydrogens is 448 g/mol. The normalized spacial score (nSPS) is 14.1. The van der Waals surface area contributed by atoms with Crippen molar-refractivity contribution in [1.82, 2.24) is 5.32 Å². The Morgan fingerprint density at radius 1 is 0.969 bits per heavy atom. The van der Waals surface area contributed by atoms with Gasteiger partial charge in [-0.15, -0.1) is 0 Å². The second-order valence-corrected chi connectivity index (χ2v) is 6.75. The number of fused-ring (bicyclic) bond motifs is 1. The number of carbonyl (C=O) groups is 2. The molecule has 12 heteroatoms. The zero-order chi connectivity index (χ0) is 23.7. The molecule has 0 aliphatic carbocycles. The Bertz CT molecular complexity index is 1000. The molecule has 1 N–H and O–H groups in total. The van der Waals surface area contributed by atoms with E-state index in [1.54, 1.807) is 18.2 Å². The molecule has 0 fully saturated rings. The van der Waals surface area contributed by atoms with Crippen molar-refractivity contribution in [1.29, 1.82) is 0 Å². The third kappa shape index (κ3) is 5.42. The average molecular weight is 463 g/mol. The number of alkyl halides is 6. The number of esters is 1. The summed E-state index contributed by atoms with van der Waals surface area (Å²) in [5, 5.41) is 2.45. The Morgan fingerprint density at radius 3 is 2.16 bits per heavy atom. The van der Waals surface area contributed by atoms with E-state index in [9.17, 15) is 35.9 Å². The lowest BCUT2D eigenvalue weighted by molar-refractivity contribution is -0.143. The number of carbonyl (C=O) groups excluding carboxylic acids is 2. The summed E-state index contributed by atoms with van der Waals surface area (Å²) >= 11 is 0. The fourth-order valence-corrected chi connectivity index (χ4v) is 2.74. The first-order chi connectivity index (χ1) is 14.8. The van der Waals surface area contributed by atoms with Gasteiger partial charge in [-0.1, -0.05) is 6.07 Å². The number of nitrogens with one attached hydrogen (secondary N) is 1. The van der Waals surface area contributed by atoms with Crippen molar-refractivity contribution >= 4 is 11.9 Å². The predicted octanol–water partition coefficient (Wildman–Crippen LogP) is 4.31. The molecule has 1 unspecified atom stereocenters. The van der Waals surface area contributed by atoms with Crippen molar-refractivity contribution < 1.29 is 50.1 Å². The lowest BCUT2D eigenvalue weighted by Gasteiger charge is -2.16. The number of benzene rings is 2. The first-order valence-corrected chi connectivity index (χ1v) is 9.01. The number of ether oxygens (including phenoxy) is 3. The van der Waals surface area contributed by atoms with Crippen molar-refractivity contribution in [2.24, 2.45) is 0 Å². The van der Waals surface area contributed by atoms with E-state index in [0.29, 0.717) is 17.1 Å². The highest BCUT2D eigenvalue weighted by molar-refractivity contribution is 5.92. The summed E-state index contributed by atoms with van der Waals surface area (Å²) in [6.07, 6.45) is -11.7. The van der Waals surface area contributed by atoms with E-state index in [1.807, 2.05) is 0 Å². The van der Waals surface area contributed by atoms with Crippen LogP contribution in [0.4, 0.5) is 26.3 Å². The molecule has 0 saturated carbocycles. The first kappa shape index (κ1) is 23.2. The monoisotopic (exact) mass is 463 g/mol. The van der Waals surface area contributed by atoms with Gasteiger partial charge in [0.2, 0.25) is 6.79 Å². The highest BCUT2D eigenvalue weighted by atomic mass is 19.4. The standard InChI is InChI=1S/C20H15F6NO5/c1-10(17(28)27-8-11-2-3-15-16(4-11)31-9-30-15)32-18(29)12-5-13(19(21,22)23)7-14(6-12)20(24,25)26/h2-7,10H,8-9H2,1H3,(H,27,28). The lowest BCUT2D eigenvalue weighted by Crippen LogP contribution is -2.35. The minimum atomic E-state index is -5.12. The highest BCUT2D eigenvalue weighted by Crippen LogP contribution is 2.36. The average Bonchev–Trinajstić information content (AvgIpc) is 3.18. The maximum Gasteiger partial charge on any atom is 0.416 e. The maximum absolute atomic E-state index is 12.9. The van der Waals surface area contributed by atoms with Crippen molar-refractivity contribution in [2.75, 3.05) is 6.79 Å². The molecule has 0 bridgehead atoms. The maximum atomic E-state index is 12.9. The summed E-state index contributed by atoms with van der Waals surface area (Å²) in [4.78, 5) is 24.3. The summed E-state index contributed by atoms with van der Waals surface area (Å²) in [6, 6.07) is 5.23. The van der Waals surface area contributed by atoms with Crippen LogP contribution in [-0.2, 0) is 28.4 Å². The number of hydrogen-bond donors (Lipinski definition) is 1. The van der Waals surface area contributed by atoms with Gasteiger partial charge < -0.3 is 19.5 Å². The van der Waals surface area contributed by atoms with Crippen LogP contribution >= 0.6 is 0 Å². The quantitative estimate of drug-likeness (QED) is 0.529. The molecule has 1 aliphatic heterocycles. The van der Waals surface area contributed by atoms with Crippen molar-refractivity contribution in [3.05, 3.63) is 58.7 Å². The van der Waals surface area contributed by atoms with E-state index in [4.69, 9.17) is 14.2 Å². The van der Waals surface area contributed by atoms with Crippen LogP contribution in [0.2, 0.25) is 0 Å². The fourth-order valence-electron chi connectivity index (χ4n) is 2.74. The van der Waals surface area contributed by atoms with Gasteiger partial charge in [-0.3, -0.25) is 4.79 Å². The van der Waals surface area contributed by atoms with Crippen LogP contribution in [0.1, 0.15) is 34.0 Å². The van der Waals surface area contributed by atoms with Gasteiger partial charge >= 0.3 is 18.3 Å². The number of hydrogen-bond acceptors (Lipinski definition) is 5. The number of halogens is 6. The van der Waals surface area contributed by atoms with Gasteiger partial charge in [0.15, 0.2) is 17.6 Å². The molecule has 2 aromatic rings. The topological polar surface area (TPSA) is 73.9 Å². The van der Waals surface area contributed by atoms with Gasteiger partial charge in [0.05, 0.1) is 16.7 Å².